The van der Waals surface area contributed by atoms with Crippen molar-refractivity contribution in [2.45, 2.75) is 6.61 Å². The van der Waals surface area contributed by atoms with Crippen molar-refractivity contribution in [3.8, 4) is 17.9 Å². The molecule has 0 heterocycles. The van der Waals surface area contributed by atoms with E-state index in [1.54, 1.807) is 12.1 Å². The topological polar surface area (TPSA) is 114 Å². The van der Waals surface area contributed by atoms with Crippen LogP contribution in [0.3, 0.4) is 0 Å². The van der Waals surface area contributed by atoms with Crippen LogP contribution in [-0.2, 0) is 11.4 Å². The monoisotopic (exact) mass is 345 g/mol. The lowest BCUT2D eigenvalue weighted by molar-refractivity contribution is 0.0745. The van der Waals surface area contributed by atoms with Gasteiger partial charge in [-0.2, -0.15) is 10.5 Å². The second-order valence-corrected chi connectivity index (χ2v) is 4.92. The average Bonchev–Trinajstić information content (AvgIpc) is 2.67. The van der Waals surface area contributed by atoms with Crippen molar-refractivity contribution in [3.05, 3.63) is 77.1 Å². The first-order valence-corrected chi connectivity index (χ1v) is 7.54. The van der Waals surface area contributed by atoms with Crippen LogP contribution in [0.25, 0.3) is 0 Å². The van der Waals surface area contributed by atoms with Crippen LogP contribution in [0.2, 0.25) is 0 Å². The molecule has 0 unspecified atom stereocenters. The highest BCUT2D eigenvalue weighted by Crippen LogP contribution is 2.11. The molecule has 7 heteroatoms. The number of nitrogens with one attached hydrogen (secondary N) is 1. The molecule has 0 aliphatic carbocycles. The summed E-state index contributed by atoms with van der Waals surface area (Å²) in [7, 11) is 0. The maximum Gasteiger partial charge on any atom is 0.178 e. The molecule has 7 nitrogen and oxygen atoms in total. The molecule has 0 aromatic heterocycles. The SMILES string of the molecule is N#C/C(N=CNOCc1ccccc1)=C(\C#N)N=Cc1cccc(O)c1. The molecular weight excluding hydrogens is 330 g/mol. The third-order valence-corrected chi connectivity index (χ3v) is 3.06. The van der Waals surface area contributed by atoms with E-state index in [2.05, 4.69) is 15.5 Å². The van der Waals surface area contributed by atoms with Crippen LogP contribution in [0.4, 0.5) is 0 Å². The van der Waals surface area contributed by atoms with Gasteiger partial charge in [0.15, 0.2) is 11.4 Å². The summed E-state index contributed by atoms with van der Waals surface area (Å²) in [4.78, 5) is 13.0. The highest BCUT2D eigenvalue weighted by atomic mass is 16.6. The molecule has 0 saturated carbocycles. The molecule has 0 bridgehead atoms. The van der Waals surface area contributed by atoms with Crippen LogP contribution in [0.1, 0.15) is 11.1 Å². The minimum absolute atomic E-state index is 0.0785. The van der Waals surface area contributed by atoms with Crippen molar-refractivity contribution >= 4 is 12.6 Å². The molecule has 0 amide bonds. The Morgan fingerprint density at radius 1 is 1.04 bits per heavy atom. The second kappa shape index (κ2) is 10.0. The van der Waals surface area contributed by atoms with Crippen molar-refractivity contribution in [1.82, 2.24) is 5.48 Å². The normalized spacial score (nSPS) is 11.8. The van der Waals surface area contributed by atoms with Crippen molar-refractivity contribution in [2.75, 3.05) is 0 Å². The fraction of sp³-hybridized carbons (Fsp3) is 0.0526. The van der Waals surface area contributed by atoms with Gasteiger partial charge in [-0.3, -0.25) is 10.3 Å². The summed E-state index contributed by atoms with van der Waals surface area (Å²) in [6.07, 6.45) is 2.53. The van der Waals surface area contributed by atoms with E-state index in [1.165, 1.54) is 24.7 Å². The van der Waals surface area contributed by atoms with Gasteiger partial charge in [-0.1, -0.05) is 42.5 Å². The number of phenolic OH excluding ortho intramolecular Hbond substituents is 1. The first-order chi connectivity index (χ1) is 12.7. The molecule has 2 aromatic rings. The first-order valence-electron chi connectivity index (χ1n) is 7.54. The van der Waals surface area contributed by atoms with Crippen molar-refractivity contribution in [2.24, 2.45) is 9.98 Å². The number of nitrogens with zero attached hydrogens (tertiary/aromatic N) is 4. The summed E-state index contributed by atoms with van der Waals surface area (Å²) in [5.41, 5.74) is 3.72. The molecule has 0 spiro atoms. The quantitative estimate of drug-likeness (QED) is 0.263. The standard InChI is InChI=1S/C19H15N5O2/c20-10-18(22-12-16-7-4-8-17(25)9-16)19(11-21)23-14-24-26-13-15-5-2-1-3-6-15/h1-9,12,14,25H,13H2,(H,23,24)/b19-18-,22-12?. The average molecular weight is 345 g/mol. The highest BCUT2D eigenvalue weighted by Gasteiger charge is 2.02. The number of phenols is 1. The highest BCUT2D eigenvalue weighted by molar-refractivity contribution is 5.81. The summed E-state index contributed by atoms with van der Waals surface area (Å²) in [5, 5.41) is 27.7. The lowest BCUT2D eigenvalue weighted by Gasteiger charge is -2.01. The van der Waals surface area contributed by atoms with Crippen molar-refractivity contribution < 1.29 is 9.94 Å². The predicted molar refractivity (Wildman–Crippen MR) is 96.8 cm³/mol. The molecule has 0 saturated heterocycles. The number of aromatic hydroxyl groups is 1. The molecule has 2 N–H and O–H groups in total. The molecule has 26 heavy (non-hydrogen) atoms. The number of allylic oxidation sites excluding steroid dienone is 2. The van der Waals surface area contributed by atoms with Gasteiger partial charge in [-0.05, 0) is 23.3 Å². The fourth-order valence-electron chi connectivity index (χ4n) is 1.86. The summed E-state index contributed by atoms with van der Waals surface area (Å²) in [5.74, 6) is 0.0785. The van der Waals surface area contributed by atoms with Gasteiger partial charge in [-0.15, -0.1) is 0 Å². The van der Waals surface area contributed by atoms with E-state index >= 15 is 0 Å². The minimum Gasteiger partial charge on any atom is -0.508 e. The van der Waals surface area contributed by atoms with Crippen molar-refractivity contribution in [1.29, 1.82) is 10.5 Å². The van der Waals surface area contributed by atoms with Gasteiger partial charge in [0.25, 0.3) is 0 Å². The number of aliphatic imine (C=N–C) groups is 2. The Kier molecular flexibility index (Phi) is 7.10. The number of nitriles is 2. The summed E-state index contributed by atoms with van der Waals surface area (Å²) >= 11 is 0. The molecule has 2 rings (SSSR count). The van der Waals surface area contributed by atoms with Crippen molar-refractivity contribution in [3.63, 3.8) is 0 Å². The number of hydroxylamine groups is 1. The van der Waals surface area contributed by atoms with Crippen LogP contribution in [0, 0.1) is 22.7 Å². The number of hydrogen-bond acceptors (Lipinski definition) is 6. The van der Waals surface area contributed by atoms with Crippen LogP contribution in [0.15, 0.2) is 76.0 Å². The van der Waals surface area contributed by atoms with Crippen LogP contribution < -0.4 is 5.48 Å². The summed E-state index contributed by atoms with van der Waals surface area (Å²) in [6.45, 7) is 0.319. The number of benzene rings is 2. The van der Waals surface area contributed by atoms with Gasteiger partial charge in [0.2, 0.25) is 0 Å². The van der Waals surface area contributed by atoms with E-state index in [0.29, 0.717) is 12.2 Å². The van der Waals surface area contributed by atoms with Crippen LogP contribution >= 0.6 is 0 Å². The summed E-state index contributed by atoms with van der Waals surface area (Å²) < 4.78 is 0. The Labute approximate surface area is 150 Å². The van der Waals surface area contributed by atoms with E-state index < -0.39 is 0 Å². The Balaban J connectivity index is 1.99. The zero-order chi connectivity index (χ0) is 18.6. The zero-order valence-electron chi connectivity index (χ0n) is 13.7. The largest absolute Gasteiger partial charge is 0.508 e. The van der Waals surface area contributed by atoms with Gasteiger partial charge >= 0.3 is 0 Å². The Morgan fingerprint density at radius 3 is 2.46 bits per heavy atom. The Morgan fingerprint density at radius 2 is 1.77 bits per heavy atom. The smallest absolute Gasteiger partial charge is 0.178 e. The third-order valence-electron chi connectivity index (χ3n) is 3.06. The second-order valence-electron chi connectivity index (χ2n) is 4.92. The molecule has 0 fully saturated rings. The van der Waals surface area contributed by atoms with Crippen LogP contribution in [0.5, 0.6) is 5.75 Å². The molecule has 0 aliphatic rings. The van der Waals surface area contributed by atoms with Gasteiger partial charge in [0.1, 0.15) is 24.2 Å². The predicted octanol–water partition coefficient (Wildman–Crippen LogP) is 2.82. The molecule has 0 atom stereocenters. The van der Waals surface area contributed by atoms with E-state index in [0.717, 1.165) is 5.56 Å². The van der Waals surface area contributed by atoms with Crippen LogP contribution in [-0.4, -0.2) is 17.7 Å². The van der Waals surface area contributed by atoms with E-state index in [9.17, 15) is 5.11 Å². The van der Waals surface area contributed by atoms with Gasteiger partial charge in [-0.25, -0.2) is 9.98 Å². The zero-order valence-corrected chi connectivity index (χ0v) is 13.7. The maximum absolute atomic E-state index is 9.40. The maximum atomic E-state index is 9.40. The minimum atomic E-state index is -0.167. The van der Waals surface area contributed by atoms with E-state index in [-0.39, 0.29) is 17.1 Å². The Hall–Kier alpha value is -3.94. The van der Waals surface area contributed by atoms with E-state index in [1.807, 2.05) is 42.5 Å². The number of hydrogen-bond donors (Lipinski definition) is 2. The molecule has 0 aliphatic heterocycles. The van der Waals surface area contributed by atoms with Gasteiger partial charge in [0.05, 0.1) is 6.61 Å². The number of rotatable bonds is 7. The molecular formula is C19H15N5O2. The fourth-order valence-corrected chi connectivity index (χ4v) is 1.86. The van der Waals surface area contributed by atoms with Gasteiger partial charge < -0.3 is 5.11 Å². The van der Waals surface area contributed by atoms with E-state index in [4.69, 9.17) is 15.4 Å². The molecule has 128 valence electrons. The third kappa shape index (κ3) is 5.93. The first kappa shape index (κ1) is 18.4. The lowest BCUT2D eigenvalue weighted by atomic mass is 10.2. The van der Waals surface area contributed by atoms with Gasteiger partial charge in [0, 0.05) is 6.21 Å². The Bertz CT molecular complexity index is 906. The summed E-state index contributed by atoms with van der Waals surface area (Å²) in [6, 6.07) is 19.5. The lowest BCUT2D eigenvalue weighted by Crippen LogP contribution is -2.11. The molecule has 2 aromatic carbocycles. The molecule has 0 radical (unpaired) electrons.